The second-order valence-electron chi connectivity index (χ2n) is 8.07. The summed E-state index contributed by atoms with van der Waals surface area (Å²) >= 11 is 6.22. The van der Waals surface area contributed by atoms with E-state index < -0.39 is 5.66 Å². The lowest BCUT2D eigenvalue weighted by Gasteiger charge is -2.45. The number of aromatic hydroxyl groups is 1. The Morgan fingerprint density at radius 2 is 1.90 bits per heavy atom. The van der Waals surface area contributed by atoms with Gasteiger partial charge in [-0.3, -0.25) is 15.1 Å². The van der Waals surface area contributed by atoms with Crippen LogP contribution in [0.1, 0.15) is 48.9 Å². The fourth-order valence-electron chi connectivity index (χ4n) is 4.27. The Hall–Kier alpha value is -2.37. The molecular weight excluding hydrogens is 386 g/mol. The van der Waals surface area contributed by atoms with E-state index in [0.717, 1.165) is 29.7 Å². The van der Waals surface area contributed by atoms with Crippen LogP contribution in [0.5, 0.6) is 5.75 Å². The lowest BCUT2D eigenvalue weighted by atomic mass is 9.87. The van der Waals surface area contributed by atoms with E-state index >= 15 is 0 Å². The molecule has 1 fully saturated rings. The summed E-state index contributed by atoms with van der Waals surface area (Å²) in [6.45, 7) is 5.02. The molecule has 0 aliphatic carbocycles. The number of carbonyl (C=O) groups excluding carboxylic acids is 1. The number of rotatable bonds is 2. The molecular formula is C23H26ClN3O2. The Labute approximate surface area is 176 Å². The molecule has 2 aromatic rings. The number of carbonyl (C=O) groups is 1. The van der Waals surface area contributed by atoms with Crippen molar-refractivity contribution in [1.82, 2.24) is 10.2 Å². The number of phenolic OH excluding ortho intramolecular Hbond substituents is 1. The van der Waals surface area contributed by atoms with Crippen LogP contribution in [0.15, 0.2) is 47.5 Å². The van der Waals surface area contributed by atoms with Crippen LogP contribution in [0.25, 0.3) is 0 Å². The number of hydrogen-bond donors (Lipinski definition) is 2. The maximum Gasteiger partial charge on any atom is 0.219 e. The molecule has 0 saturated carbocycles. The molecule has 1 atom stereocenters. The van der Waals surface area contributed by atoms with Crippen LogP contribution in [0.2, 0.25) is 5.02 Å². The number of hydrogen-bond acceptors (Lipinski definition) is 4. The Kier molecular flexibility index (Phi) is 5.36. The molecule has 4 rings (SSSR count). The molecule has 2 heterocycles. The zero-order valence-electron chi connectivity index (χ0n) is 16.8. The number of halogens is 1. The van der Waals surface area contributed by atoms with Crippen LogP contribution in [0, 0.1) is 6.92 Å². The first kappa shape index (κ1) is 19.9. The maximum absolute atomic E-state index is 11.8. The van der Waals surface area contributed by atoms with Gasteiger partial charge in [-0.1, -0.05) is 41.4 Å². The second-order valence-corrected chi connectivity index (χ2v) is 8.50. The van der Waals surface area contributed by atoms with Crippen molar-refractivity contribution in [2.24, 2.45) is 4.99 Å². The van der Waals surface area contributed by atoms with Crippen LogP contribution in [-0.4, -0.2) is 40.4 Å². The number of phenols is 1. The normalized spacial score (nSPS) is 21.1. The van der Waals surface area contributed by atoms with Crippen molar-refractivity contribution in [2.75, 3.05) is 13.1 Å². The predicted octanol–water partition coefficient (Wildman–Crippen LogP) is 4.22. The van der Waals surface area contributed by atoms with E-state index in [2.05, 4.69) is 36.5 Å². The minimum Gasteiger partial charge on any atom is -0.508 e. The third-order valence-corrected chi connectivity index (χ3v) is 6.21. The molecule has 0 unspecified atom stereocenters. The molecule has 1 spiro atoms. The highest BCUT2D eigenvalue weighted by atomic mass is 35.5. The van der Waals surface area contributed by atoms with Crippen LogP contribution in [0.3, 0.4) is 0 Å². The van der Waals surface area contributed by atoms with Gasteiger partial charge >= 0.3 is 0 Å². The van der Waals surface area contributed by atoms with E-state index in [1.54, 1.807) is 19.1 Å². The number of aliphatic imine (C=N–C) groups is 1. The van der Waals surface area contributed by atoms with Gasteiger partial charge in [-0.05, 0) is 30.7 Å². The Balaban J connectivity index is 1.71. The summed E-state index contributed by atoms with van der Waals surface area (Å²) in [6, 6.07) is 13.4. The molecule has 5 nitrogen and oxygen atoms in total. The molecule has 29 heavy (non-hydrogen) atoms. The monoisotopic (exact) mass is 411 g/mol. The van der Waals surface area contributed by atoms with E-state index in [1.165, 1.54) is 5.56 Å². The zero-order chi connectivity index (χ0) is 20.6. The summed E-state index contributed by atoms with van der Waals surface area (Å²) in [5, 5.41) is 14.8. The minimum atomic E-state index is -0.455. The summed E-state index contributed by atoms with van der Waals surface area (Å²) in [6.07, 6.45) is 2.13. The molecule has 0 bridgehead atoms. The smallest absolute Gasteiger partial charge is 0.219 e. The largest absolute Gasteiger partial charge is 0.508 e. The predicted molar refractivity (Wildman–Crippen MR) is 116 cm³/mol. The lowest BCUT2D eigenvalue weighted by Crippen LogP contribution is -2.56. The van der Waals surface area contributed by atoms with Crippen LogP contribution >= 0.6 is 11.6 Å². The second kappa shape index (κ2) is 7.81. The van der Waals surface area contributed by atoms with E-state index in [9.17, 15) is 9.90 Å². The van der Waals surface area contributed by atoms with Gasteiger partial charge in [-0.25, -0.2) is 0 Å². The minimum absolute atomic E-state index is 0.0995. The van der Waals surface area contributed by atoms with Crippen molar-refractivity contribution in [2.45, 2.75) is 44.8 Å². The van der Waals surface area contributed by atoms with Gasteiger partial charge in [0.25, 0.3) is 0 Å². The number of nitrogens with zero attached hydrogens (tertiary/aromatic N) is 2. The molecule has 2 N–H and O–H groups in total. The lowest BCUT2D eigenvalue weighted by molar-refractivity contribution is -0.130. The number of nitrogens with one attached hydrogen (secondary N) is 1. The van der Waals surface area contributed by atoms with Crippen LogP contribution in [-0.2, 0) is 4.79 Å². The average molecular weight is 412 g/mol. The molecule has 2 aromatic carbocycles. The van der Waals surface area contributed by atoms with Crippen LogP contribution in [0.4, 0.5) is 0 Å². The third kappa shape index (κ3) is 4.16. The number of benzene rings is 2. The fraction of sp³-hybridized carbons (Fsp3) is 0.391. The van der Waals surface area contributed by atoms with Gasteiger partial charge in [-0.15, -0.1) is 0 Å². The standard InChI is InChI=1S/C23H26ClN3O2/c1-15-3-5-17(6-4-15)20-14-21(19-13-18(24)7-8-22(19)29)26-23(25-20)9-11-27(12-10-23)16(2)28/h3-8,13,21,26,29H,9-12,14H2,1-2H3/t21-/m1/s1. The van der Waals surface area contributed by atoms with Gasteiger partial charge in [0.15, 0.2) is 0 Å². The molecule has 1 saturated heterocycles. The van der Waals surface area contributed by atoms with Crippen molar-refractivity contribution in [3.8, 4) is 5.75 Å². The van der Waals surface area contributed by atoms with Crippen molar-refractivity contribution < 1.29 is 9.90 Å². The number of amides is 1. The van der Waals surface area contributed by atoms with Gasteiger partial charge in [0.2, 0.25) is 5.91 Å². The molecule has 0 radical (unpaired) electrons. The first-order valence-electron chi connectivity index (χ1n) is 10.0. The topological polar surface area (TPSA) is 64.9 Å². The highest BCUT2D eigenvalue weighted by Crippen LogP contribution is 2.38. The number of piperidine rings is 1. The third-order valence-electron chi connectivity index (χ3n) is 5.98. The molecule has 2 aliphatic heterocycles. The average Bonchev–Trinajstić information content (AvgIpc) is 2.70. The summed E-state index contributed by atoms with van der Waals surface area (Å²) in [7, 11) is 0. The van der Waals surface area contributed by atoms with E-state index in [1.807, 2.05) is 11.0 Å². The summed E-state index contributed by atoms with van der Waals surface area (Å²) in [4.78, 5) is 18.8. The number of aryl methyl sites for hydroxylation is 1. The molecule has 1 amide bonds. The van der Waals surface area contributed by atoms with Gasteiger partial charge < -0.3 is 10.0 Å². The van der Waals surface area contributed by atoms with Gasteiger partial charge in [0, 0.05) is 61.6 Å². The Bertz CT molecular complexity index is 947. The van der Waals surface area contributed by atoms with Crippen molar-refractivity contribution >= 4 is 23.2 Å². The van der Waals surface area contributed by atoms with Gasteiger partial charge in [0.05, 0.1) is 0 Å². The van der Waals surface area contributed by atoms with Crippen molar-refractivity contribution in [3.05, 3.63) is 64.2 Å². The fourth-order valence-corrected chi connectivity index (χ4v) is 4.45. The van der Waals surface area contributed by atoms with E-state index in [0.29, 0.717) is 24.5 Å². The van der Waals surface area contributed by atoms with Gasteiger partial charge in [-0.2, -0.15) is 0 Å². The zero-order valence-corrected chi connectivity index (χ0v) is 17.5. The first-order chi connectivity index (χ1) is 13.8. The Morgan fingerprint density at radius 1 is 1.21 bits per heavy atom. The number of likely N-dealkylation sites (tertiary alicyclic amines) is 1. The van der Waals surface area contributed by atoms with Crippen LogP contribution < -0.4 is 5.32 Å². The highest BCUT2D eigenvalue weighted by molar-refractivity contribution is 6.30. The highest BCUT2D eigenvalue weighted by Gasteiger charge is 2.41. The SMILES string of the molecule is CC(=O)N1CCC2(CC1)N=C(c1ccc(C)cc1)C[C@H](c1cc(Cl)ccc1O)N2. The van der Waals surface area contributed by atoms with E-state index in [4.69, 9.17) is 16.6 Å². The quantitative estimate of drug-likeness (QED) is 0.777. The maximum atomic E-state index is 11.8. The van der Waals surface area contributed by atoms with E-state index in [-0.39, 0.29) is 17.7 Å². The first-order valence-corrected chi connectivity index (χ1v) is 10.4. The summed E-state index contributed by atoms with van der Waals surface area (Å²) in [5.74, 6) is 0.329. The molecule has 6 heteroatoms. The molecule has 0 aromatic heterocycles. The van der Waals surface area contributed by atoms with Crippen molar-refractivity contribution in [1.29, 1.82) is 0 Å². The summed E-state index contributed by atoms with van der Waals surface area (Å²) < 4.78 is 0. The molecule has 152 valence electrons. The molecule has 2 aliphatic rings. The van der Waals surface area contributed by atoms with Crippen molar-refractivity contribution in [3.63, 3.8) is 0 Å². The summed E-state index contributed by atoms with van der Waals surface area (Å²) in [5.41, 5.74) is 3.65. The Morgan fingerprint density at radius 3 is 2.55 bits per heavy atom. The van der Waals surface area contributed by atoms with Gasteiger partial charge in [0.1, 0.15) is 11.4 Å².